The number of benzene rings is 2. The van der Waals surface area contributed by atoms with Crippen LogP contribution in [0.3, 0.4) is 0 Å². The maximum atomic E-state index is 12.6. The van der Waals surface area contributed by atoms with Crippen molar-refractivity contribution >= 4 is 11.6 Å². The first-order valence-corrected chi connectivity index (χ1v) is 8.70. The predicted octanol–water partition coefficient (Wildman–Crippen LogP) is 4.14. The summed E-state index contributed by atoms with van der Waals surface area (Å²) in [6.45, 7) is 3.99. The van der Waals surface area contributed by atoms with Crippen LogP contribution in [0, 0.1) is 13.8 Å². The fourth-order valence-electron chi connectivity index (χ4n) is 2.73. The van der Waals surface area contributed by atoms with Crippen LogP contribution in [0.1, 0.15) is 27.4 Å². The van der Waals surface area contributed by atoms with E-state index in [9.17, 15) is 4.79 Å². The SMILES string of the molecule is COc1ccccc1NC(=O)c1ccc(OCc2c(C)noc2C)c(OC)c1. The molecule has 3 aromatic rings. The van der Waals surface area contributed by atoms with Crippen LogP contribution in [0.5, 0.6) is 17.2 Å². The van der Waals surface area contributed by atoms with Crippen molar-refractivity contribution in [3.05, 3.63) is 65.0 Å². The van der Waals surface area contributed by atoms with E-state index in [0.29, 0.717) is 40.9 Å². The Labute approximate surface area is 163 Å². The first kappa shape index (κ1) is 19.3. The van der Waals surface area contributed by atoms with E-state index in [-0.39, 0.29) is 5.91 Å². The Balaban J connectivity index is 1.76. The maximum Gasteiger partial charge on any atom is 0.255 e. The summed E-state index contributed by atoms with van der Waals surface area (Å²) < 4.78 is 21.6. The number of hydrogen-bond acceptors (Lipinski definition) is 6. The van der Waals surface area contributed by atoms with Crippen molar-refractivity contribution in [3.63, 3.8) is 0 Å². The number of ether oxygens (including phenoxy) is 3. The van der Waals surface area contributed by atoms with Gasteiger partial charge < -0.3 is 24.1 Å². The molecule has 3 rings (SSSR count). The number of para-hydroxylation sites is 2. The highest BCUT2D eigenvalue weighted by Crippen LogP contribution is 2.30. The van der Waals surface area contributed by atoms with Crippen LogP contribution in [0.25, 0.3) is 0 Å². The van der Waals surface area contributed by atoms with Gasteiger partial charge in [0.1, 0.15) is 18.1 Å². The Hall–Kier alpha value is -3.48. The molecule has 0 atom stereocenters. The zero-order valence-electron chi connectivity index (χ0n) is 16.2. The summed E-state index contributed by atoms with van der Waals surface area (Å²) in [6.07, 6.45) is 0. The summed E-state index contributed by atoms with van der Waals surface area (Å²) in [5, 5.41) is 6.75. The Morgan fingerprint density at radius 1 is 1.04 bits per heavy atom. The van der Waals surface area contributed by atoms with Crippen LogP contribution in [0.4, 0.5) is 5.69 Å². The van der Waals surface area contributed by atoms with Crippen LogP contribution in [0.2, 0.25) is 0 Å². The van der Waals surface area contributed by atoms with Gasteiger partial charge in [-0.15, -0.1) is 0 Å². The van der Waals surface area contributed by atoms with Gasteiger partial charge in [-0.3, -0.25) is 4.79 Å². The van der Waals surface area contributed by atoms with Crippen molar-refractivity contribution in [1.82, 2.24) is 5.16 Å². The molecule has 0 saturated heterocycles. The normalized spacial score (nSPS) is 10.4. The number of amides is 1. The van der Waals surface area contributed by atoms with Crippen LogP contribution >= 0.6 is 0 Å². The summed E-state index contributed by atoms with van der Waals surface area (Å²) in [7, 11) is 3.08. The number of nitrogens with one attached hydrogen (secondary N) is 1. The quantitative estimate of drug-likeness (QED) is 0.661. The lowest BCUT2D eigenvalue weighted by atomic mass is 10.1. The Bertz CT molecular complexity index is 961. The Morgan fingerprint density at radius 3 is 2.46 bits per heavy atom. The zero-order chi connectivity index (χ0) is 20.1. The number of methoxy groups -OCH3 is 2. The molecule has 0 unspecified atom stereocenters. The van der Waals surface area contributed by atoms with E-state index >= 15 is 0 Å². The molecular weight excluding hydrogens is 360 g/mol. The topological polar surface area (TPSA) is 82.8 Å². The van der Waals surface area contributed by atoms with Crippen molar-refractivity contribution < 1.29 is 23.5 Å². The molecule has 0 aliphatic heterocycles. The molecule has 0 fully saturated rings. The van der Waals surface area contributed by atoms with Crippen molar-refractivity contribution in [1.29, 1.82) is 0 Å². The van der Waals surface area contributed by atoms with Gasteiger partial charge in [0.25, 0.3) is 5.91 Å². The highest BCUT2D eigenvalue weighted by Gasteiger charge is 2.15. The van der Waals surface area contributed by atoms with Crippen molar-refractivity contribution in [2.75, 3.05) is 19.5 Å². The third-order valence-corrected chi connectivity index (χ3v) is 4.33. The Morgan fingerprint density at radius 2 is 1.79 bits per heavy atom. The molecule has 28 heavy (non-hydrogen) atoms. The molecule has 0 saturated carbocycles. The van der Waals surface area contributed by atoms with E-state index in [1.165, 1.54) is 7.11 Å². The van der Waals surface area contributed by atoms with Gasteiger partial charge in [0.2, 0.25) is 0 Å². The minimum atomic E-state index is -0.278. The number of aryl methyl sites for hydroxylation is 2. The maximum absolute atomic E-state index is 12.6. The molecule has 0 spiro atoms. The summed E-state index contributed by atoms with van der Waals surface area (Å²) in [6, 6.07) is 12.2. The third-order valence-electron chi connectivity index (χ3n) is 4.33. The third kappa shape index (κ3) is 4.09. The monoisotopic (exact) mass is 382 g/mol. The number of rotatable bonds is 7. The second-order valence-electron chi connectivity index (χ2n) is 6.11. The standard InChI is InChI=1S/C21H22N2O5/c1-13-16(14(2)28-23-13)12-27-19-10-9-15(11-20(19)26-4)21(24)22-17-7-5-6-8-18(17)25-3/h5-11H,12H2,1-4H3,(H,22,24). The molecule has 0 aliphatic carbocycles. The summed E-state index contributed by atoms with van der Waals surface area (Å²) in [5.74, 6) is 2.00. The van der Waals surface area contributed by atoms with Crippen molar-refractivity contribution in [2.24, 2.45) is 0 Å². The van der Waals surface area contributed by atoms with Gasteiger partial charge in [0.05, 0.1) is 31.2 Å². The molecular formula is C21H22N2O5. The van der Waals surface area contributed by atoms with E-state index < -0.39 is 0 Å². The van der Waals surface area contributed by atoms with Crippen LogP contribution in [-0.2, 0) is 6.61 Å². The van der Waals surface area contributed by atoms with Crippen LogP contribution in [-0.4, -0.2) is 25.3 Å². The molecule has 1 N–H and O–H groups in total. The van der Waals surface area contributed by atoms with Gasteiger partial charge in [0, 0.05) is 5.56 Å². The van der Waals surface area contributed by atoms with Gasteiger partial charge in [-0.25, -0.2) is 0 Å². The van der Waals surface area contributed by atoms with Gasteiger partial charge in [-0.05, 0) is 44.2 Å². The van der Waals surface area contributed by atoms with E-state index in [0.717, 1.165) is 11.3 Å². The molecule has 7 heteroatoms. The molecule has 1 amide bonds. The van der Waals surface area contributed by atoms with Gasteiger partial charge in [-0.1, -0.05) is 17.3 Å². The Kier molecular flexibility index (Phi) is 5.84. The molecule has 146 valence electrons. The fraction of sp³-hybridized carbons (Fsp3) is 0.238. The number of carbonyl (C=O) groups is 1. The smallest absolute Gasteiger partial charge is 0.255 e. The number of anilines is 1. The zero-order valence-corrected chi connectivity index (χ0v) is 16.2. The lowest BCUT2D eigenvalue weighted by Gasteiger charge is -2.13. The van der Waals surface area contributed by atoms with Crippen molar-refractivity contribution in [2.45, 2.75) is 20.5 Å². The largest absolute Gasteiger partial charge is 0.495 e. The highest BCUT2D eigenvalue weighted by atomic mass is 16.5. The van der Waals surface area contributed by atoms with Crippen molar-refractivity contribution in [3.8, 4) is 17.2 Å². The second-order valence-corrected chi connectivity index (χ2v) is 6.11. The summed E-state index contributed by atoms with van der Waals surface area (Å²) >= 11 is 0. The molecule has 0 radical (unpaired) electrons. The molecule has 7 nitrogen and oxygen atoms in total. The predicted molar refractivity (Wildman–Crippen MR) is 104 cm³/mol. The second kappa shape index (κ2) is 8.47. The first-order valence-electron chi connectivity index (χ1n) is 8.70. The van der Waals surface area contributed by atoms with Crippen LogP contribution < -0.4 is 19.5 Å². The minimum absolute atomic E-state index is 0.278. The highest BCUT2D eigenvalue weighted by molar-refractivity contribution is 6.05. The summed E-state index contributed by atoms with van der Waals surface area (Å²) in [5.41, 5.74) is 2.70. The molecule has 2 aromatic carbocycles. The van der Waals surface area contributed by atoms with Gasteiger partial charge >= 0.3 is 0 Å². The first-order chi connectivity index (χ1) is 13.5. The molecule has 1 heterocycles. The number of carbonyl (C=O) groups excluding carboxylic acids is 1. The number of hydrogen-bond donors (Lipinski definition) is 1. The van der Waals surface area contributed by atoms with E-state index in [4.69, 9.17) is 18.7 Å². The molecule has 0 aliphatic rings. The van der Waals surface area contributed by atoms with Gasteiger partial charge in [0.15, 0.2) is 11.5 Å². The minimum Gasteiger partial charge on any atom is -0.495 e. The van der Waals surface area contributed by atoms with Crippen LogP contribution in [0.15, 0.2) is 47.0 Å². The molecule has 0 bridgehead atoms. The van der Waals surface area contributed by atoms with E-state index in [1.807, 2.05) is 26.0 Å². The van der Waals surface area contributed by atoms with E-state index in [2.05, 4.69) is 10.5 Å². The van der Waals surface area contributed by atoms with Gasteiger partial charge in [-0.2, -0.15) is 0 Å². The average molecular weight is 382 g/mol. The molecule has 1 aromatic heterocycles. The number of aromatic nitrogens is 1. The van der Waals surface area contributed by atoms with E-state index in [1.54, 1.807) is 37.4 Å². The summed E-state index contributed by atoms with van der Waals surface area (Å²) in [4.78, 5) is 12.6. The number of nitrogens with zero attached hydrogens (tertiary/aromatic N) is 1. The average Bonchev–Trinajstić information content (AvgIpc) is 3.04. The lowest BCUT2D eigenvalue weighted by molar-refractivity contribution is 0.102. The lowest BCUT2D eigenvalue weighted by Crippen LogP contribution is -2.13. The fourth-order valence-corrected chi connectivity index (χ4v) is 2.73.